The maximum absolute atomic E-state index is 12.8. The zero-order valence-electron chi connectivity index (χ0n) is 36.7. The number of phenols is 1. The SMILES string of the molecule is COc1cc(N=Nc2ccc(S(=O)(=O)O)cc2C)c(C)cc1N=Nc1cc(C)c(N=Nc2c(S(=O)(=O)O)cc3cc(-n4nc5ccc6c(S(=O)(=O)O)cc(S(=O)(=O)O)cc6c5n4)ccc3c2O)cc1C. The van der Waals surface area contributed by atoms with Gasteiger partial charge in [-0.2, -0.15) is 58.9 Å². The van der Waals surface area contributed by atoms with Crippen LogP contribution in [0.25, 0.3) is 38.3 Å². The molecule has 1 heterocycles. The molecule has 8 rings (SSSR count). The molecule has 0 saturated carbocycles. The number of ether oxygens (including phenoxy) is 1. The summed E-state index contributed by atoms with van der Waals surface area (Å²) in [7, 11) is -18.0. The van der Waals surface area contributed by atoms with Gasteiger partial charge in [-0.25, -0.2) is 0 Å². The van der Waals surface area contributed by atoms with Crippen LogP contribution in [0, 0.1) is 27.7 Å². The van der Waals surface area contributed by atoms with Crippen LogP contribution in [-0.4, -0.2) is 79.1 Å². The lowest BCUT2D eigenvalue weighted by atomic mass is 10.1. The van der Waals surface area contributed by atoms with Gasteiger partial charge in [0, 0.05) is 22.2 Å². The van der Waals surface area contributed by atoms with Gasteiger partial charge in [0.15, 0.2) is 5.75 Å². The van der Waals surface area contributed by atoms with Crippen molar-refractivity contribution in [3.8, 4) is 17.2 Å². The van der Waals surface area contributed by atoms with E-state index in [2.05, 4.69) is 40.9 Å². The maximum atomic E-state index is 12.8. The second-order valence-electron chi connectivity index (χ2n) is 15.6. The van der Waals surface area contributed by atoms with Gasteiger partial charge in [-0.1, -0.05) is 6.07 Å². The van der Waals surface area contributed by atoms with Gasteiger partial charge in [-0.05, 0) is 134 Å². The lowest BCUT2D eigenvalue weighted by molar-refractivity contribution is 0.416. The average Bonchev–Trinajstić information content (AvgIpc) is 3.72. The third-order valence-electron chi connectivity index (χ3n) is 10.8. The van der Waals surface area contributed by atoms with Gasteiger partial charge in [-0.15, -0.1) is 20.4 Å². The second kappa shape index (κ2) is 17.8. The van der Waals surface area contributed by atoms with E-state index in [0.717, 1.165) is 16.9 Å². The largest absolute Gasteiger partial charge is 0.505 e. The van der Waals surface area contributed by atoms with Crippen LogP contribution in [0.4, 0.5) is 34.1 Å². The minimum absolute atomic E-state index is 0.0434. The zero-order valence-corrected chi connectivity index (χ0v) is 40.0. The van der Waals surface area contributed by atoms with E-state index >= 15 is 0 Å². The smallest absolute Gasteiger partial charge is 0.296 e. The number of benzene rings is 7. The Labute approximate surface area is 397 Å². The Hall–Kier alpha value is -7.50. The monoisotopic (exact) mass is 1030 g/mol. The summed E-state index contributed by atoms with van der Waals surface area (Å²) in [5.41, 5.74) is 3.65. The van der Waals surface area contributed by atoms with E-state index in [4.69, 9.17) is 4.74 Å². The molecule has 7 aromatic carbocycles. The zero-order chi connectivity index (χ0) is 50.8. The highest BCUT2D eigenvalue weighted by atomic mass is 32.2. The molecule has 70 heavy (non-hydrogen) atoms. The number of hydrogen-bond donors (Lipinski definition) is 5. The fraction of sp³-hybridized carbons (Fsp3) is 0.116. The minimum Gasteiger partial charge on any atom is -0.505 e. The number of aromatic hydroxyl groups is 1. The summed E-state index contributed by atoms with van der Waals surface area (Å²) >= 11 is 0. The molecule has 0 aliphatic rings. The quantitative estimate of drug-likeness (QED) is 0.0561. The molecule has 27 heteroatoms. The Morgan fingerprint density at radius 2 is 1.03 bits per heavy atom. The first-order valence-corrected chi connectivity index (χ1v) is 25.7. The number of aromatic nitrogens is 3. The number of methoxy groups -OCH3 is 1. The van der Waals surface area contributed by atoms with Gasteiger partial charge in [0.2, 0.25) is 0 Å². The first-order chi connectivity index (χ1) is 32.7. The molecule has 0 fully saturated rings. The molecular formula is C43H35N9O14S4. The fourth-order valence-corrected chi connectivity index (χ4v) is 9.78. The van der Waals surface area contributed by atoms with Crippen molar-refractivity contribution < 1.29 is 61.7 Å². The van der Waals surface area contributed by atoms with E-state index in [0.29, 0.717) is 56.8 Å². The predicted octanol–water partition coefficient (Wildman–Crippen LogP) is 9.91. The summed E-state index contributed by atoms with van der Waals surface area (Å²) in [5, 5.41) is 45.6. The Bertz CT molecular complexity index is 4120. The van der Waals surface area contributed by atoms with Crippen LogP contribution in [-0.2, 0) is 40.5 Å². The van der Waals surface area contributed by atoms with E-state index in [-0.39, 0.29) is 48.8 Å². The molecule has 0 amide bonds. The summed E-state index contributed by atoms with van der Waals surface area (Å²) in [6.07, 6.45) is 0. The van der Waals surface area contributed by atoms with Crippen LogP contribution >= 0.6 is 0 Å². The Balaban J connectivity index is 1.09. The molecule has 23 nitrogen and oxygen atoms in total. The maximum Gasteiger partial charge on any atom is 0.296 e. The first-order valence-electron chi connectivity index (χ1n) is 19.9. The topological polar surface area (TPSA) is 352 Å². The number of azo groups is 3. The standard InChI is InChI=1S/C43H35N9O14S4/c1-21-12-27(67(54,55)56)7-10-32(21)44-46-36-20-38(66-5)37(15-24(36)4)48-45-34-13-23(3)35(14-22(34)2)47-49-42-40(70(63,64)65)17-25-16-26(6-8-29(25)43(42)53)52-50-33-11-9-30-31(41(33)51-52)18-28(68(57,58)59)19-39(30)69(60,61)62/h6-20,53H,1-5H3,(H,54,55,56)(H,57,58,59)(H,60,61,62)(H,63,64,65). The molecule has 0 radical (unpaired) electrons. The molecule has 0 aliphatic carbocycles. The van der Waals surface area contributed by atoms with E-state index in [1.807, 2.05) is 0 Å². The molecule has 0 aliphatic heterocycles. The van der Waals surface area contributed by atoms with E-state index < -0.39 is 66.6 Å². The third kappa shape index (κ3) is 9.71. The van der Waals surface area contributed by atoms with Gasteiger partial charge < -0.3 is 9.84 Å². The van der Waals surface area contributed by atoms with Gasteiger partial charge in [-0.3, -0.25) is 18.2 Å². The Morgan fingerprint density at radius 3 is 1.61 bits per heavy atom. The number of hydrogen-bond acceptors (Lipinski definition) is 18. The molecule has 0 spiro atoms. The summed E-state index contributed by atoms with van der Waals surface area (Å²) in [4.78, 5) is -1.68. The van der Waals surface area contributed by atoms with Gasteiger partial charge >= 0.3 is 0 Å². The second-order valence-corrected chi connectivity index (χ2v) is 21.2. The van der Waals surface area contributed by atoms with Gasteiger partial charge in [0.25, 0.3) is 40.5 Å². The molecule has 360 valence electrons. The van der Waals surface area contributed by atoms with Gasteiger partial charge in [0.1, 0.15) is 37.9 Å². The lowest BCUT2D eigenvalue weighted by Gasteiger charge is -2.10. The molecule has 0 unspecified atom stereocenters. The number of rotatable bonds is 12. The molecule has 0 atom stereocenters. The molecule has 0 bridgehead atoms. The van der Waals surface area contributed by atoms with Crippen LogP contribution < -0.4 is 4.74 Å². The molecular weight excluding hydrogens is 995 g/mol. The summed E-state index contributed by atoms with van der Waals surface area (Å²) in [6, 6.07) is 19.8. The number of nitrogens with zero attached hydrogens (tertiary/aromatic N) is 9. The highest BCUT2D eigenvalue weighted by Crippen LogP contribution is 2.43. The first kappa shape index (κ1) is 48.9. The molecule has 1 aromatic heterocycles. The van der Waals surface area contributed by atoms with Crippen LogP contribution in [0.5, 0.6) is 11.5 Å². The van der Waals surface area contributed by atoms with Crippen molar-refractivity contribution in [3.05, 3.63) is 113 Å². The van der Waals surface area contributed by atoms with E-state index in [1.54, 1.807) is 52.0 Å². The van der Waals surface area contributed by atoms with Crippen molar-refractivity contribution in [1.82, 2.24) is 15.0 Å². The Kier molecular flexibility index (Phi) is 12.4. The van der Waals surface area contributed by atoms with Crippen molar-refractivity contribution in [1.29, 1.82) is 0 Å². The fourth-order valence-electron chi connectivity index (χ4n) is 7.22. The van der Waals surface area contributed by atoms with Crippen molar-refractivity contribution in [3.63, 3.8) is 0 Å². The number of fused-ring (bicyclic) bond motifs is 4. The minimum atomic E-state index is -5.07. The van der Waals surface area contributed by atoms with E-state index in [1.165, 1.54) is 55.6 Å². The highest BCUT2D eigenvalue weighted by Gasteiger charge is 2.25. The van der Waals surface area contributed by atoms with E-state index in [9.17, 15) is 57.0 Å². The van der Waals surface area contributed by atoms with Crippen molar-refractivity contribution in [2.75, 3.05) is 7.11 Å². The number of phenolic OH excluding ortho intramolecular Hbond substituents is 1. The predicted molar refractivity (Wildman–Crippen MR) is 252 cm³/mol. The van der Waals surface area contributed by atoms with Gasteiger partial charge in [0.05, 0.1) is 45.3 Å². The van der Waals surface area contributed by atoms with Crippen molar-refractivity contribution in [2.24, 2.45) is 30.7 Å². The summed E-state index contributed by atoms with van der Waals surface area (Å²) < 4.78 is 142. The van der Waals surface area contributed by atoms with Crippen LogP contribution in [0.3, 0.4) is 0 Å². The van der Waals surface area contributed by atoms with Crippen molar-refractivity contribution >= 4 is 107 Å². The van der Waals surface area contributed by atoms with Crippen LogP contribution in [0.1, 0.15) is 22.3 Å². The number of aryl methyl sites for hydroxylation is 4. The van der Waals surface area contributed by atoms with Crippen LogP contribution in [0.15, 0.2) is 141 Å². The van der Waals surface area contributed by atoms with Crippen LogP contribution in [0.2, 0.25) is 0 Å². The summed E-state index contributed by atoms with van der Waals surface area (Å²) in [6.45, 7) is 6.78. The molecule has 8 aromatic rings. The Morgan fingerprint density at radius 1 is 0.486 bits per heavy atom. The average molecular weight is 1030 g/mol. The molecule has 5 N–H and O–H groups in total. The molecule has 0 saturated heterocycles. The normalized spacial score (nSPS) is 13.0. The third-order valence-corrected chi connectivity index (χ3v) is 14.2. The van der Waals surface area contributed by atoms with Crippen molar-refractivity contribution in [2.45, 2.75) is 47.3 Å². The lowest BCUT2D eigenvalue weighted by Crippen LogP contribution is -2.04. The highest BCUT2D eigenvalue weighted by molar-refractivity contribution is 7.87. The summed E-state index contributed by atoms with van der Waals surface area (Å²) in [5.74, 6) is -0.359.